The number of hydrogen-bond donors (Lipinski definition) is 1. The lowest BCUT2D eigenvalue weighted by molar-refractivity contribution is 0.244. The van der Waals surface area contributed by atoms with E-state index in [4.69, 9.17) is 15.2 Å². The lowest BCUT2D eigenvalue weighted by Gasteiger charge is -2.27. The normalized spacial score (nSPS) is 16.2. The van der Waals surface area contributed by atoms with Crippen LogP contribution < -0.4 is 15.2 Å². The summed E-state index contributed by atoms with van der Waals surface area (Å²) in [5.41, 5.74) is 10.3. The third-order valence-corrected chi connectivity index (χ3v) is 5.20. The zero-order chi connectivity index (χ0) is 18.6. The largest absolute Gasteiger partial charge is 0.493 e. The van der Waals surface area contributed by atoms with Crippen molar-refractivity contribution in [2.45, 2.75) is 44.8 Å². The van der Waals surface area contributed by atoms with Crippen molar-refractivity contribution >= 4 is 0 Å². The van der Waals surface area contributed by atoms with E-state index >= 15 is 0 Å². The number of hydrogen-bond acceptors (Lipinski definition) is 5. The molecule has 1 aromatic carbocycles. The van der Waals surface area contributed by atoms with Crippen molar-refractivity contribution in [3.63, 3.8) is 0 Å². The summed E-state index contributed by atoms with van der Waals surface area (Å²) in [6.45, 7) is 5.01. The molecule has 1 unspecified atom stereocenters. The zero-order valence-electron chi connectivity index (χ0n) is 16.0. The van der Waals surface area contributed by atoms with E-state index in [0.29, 0.717) is 0 Å². The van der Waals surface area contributed by atoms with Gasteiger partial charge in [0, 0.05) is 37.6 Å². The number of benzene rings is 1. The molecule has 0 amide bonds. The lowest BCUT2D eigenvalue weighted by Crippen LogP contribution is -2.40. The molecule has 5 heteroatoms. The van der Waals surface area contributed by atoms with Gasteiger partial charge in [0.1, 0.15) is 0 Å². The summed E-state index contributed by atoms with van der Waals surface area (Å²) in [5.74, 6) is 1.60. The lowest BCUT2D eigenvalue weighted by atomic mass is 9.91. The van der Waals surface area contributed by atoms with E-state index in [1.807, 2.05) is 12.3 Å². The third kappa shape index (κ3) is 4.54. The molecule has 0 fully saturated rings. The second kappa shape index (κ2) is 8.06. The second-order valence-corrected chi connectivity index (χ2v) is 7.45. The maximum atomic E-state index is 6.55. The summed E-state index contributed by atoms with van der Waals surface area (Å²) < 4.78 is 10.8. The number of ether oxygens (including phenoxy) is 2. The maximum Gasteiger partial charge on any atom is 0.161 e. The average Bonchev–Trinajstić information content (AvgIpc) is 3.06. The van der Waals surface area contributed by atoms with Crippen LogP contribution in [0.1, 0.15) is 36.5 Å². The van der Waals surface area contributed by atoms with Gasteiger partial charge in [-0.1, -0.05) is 6.07 Å². The third-order valence-electron chi connectivity index (χ3n) is 5.20. The first-order valence-electron chi connectivity index (χ1n) is 9.14. The molecule has 0 saturated carbocycles. The monoisotopic (exact) mass is 355 g/mol. The minimum absolute atomic E-state index is 0.181. The van der Waals surface area contributed by atoms with Crippen LogP contribution >= 0.6 is 0 Å². The van der Waals surface area contributed by atoms with E-state index < -0.39 is 0 Å². The van der Waals surface area contributed by atoms with Gasteiger partial charge in [0.25, 0.3) is 0 Å². The Bertz CT molecular complexity index is 699. The number of pyridine rings is 1. The molecule has 1 aliphatic heterocycles. The van der Waals surface area contributed by atoms with E-state index in [0.717, 1.165) is 50.4 Å². The van der Waals surface area contributed by atoms with E-state index in [-0.39, 0.29) is 5.54 Å². The van der Waals surface area contributed by atoms with Crippen molar-refractivity contribution < 1.29 is 9.47 Å². The number of nitrogens with two attached hydrogens (primary N) is 1. The Morgan fingerprint density at radius 3 is 2.31 bits per heavy atom. The smallest absolute Gasteiger partial charge is 0.161 e. The molecule has 0 bridgehead atoms. The Labute approximate surface area is 156 Å². The number of aromatic nitrogens is 1. The van der Waals surface area contributed by atoms with Crippen molar-refractivity contribution in [1.29, 1.82) is 0 Å². The van der Waals surface area contributed by atoms with Crippen LogP contribution in [-0.4, -0.2) is 36.2 Å². The van der Waals surface area contributed by atoms with Crippen LogP contribution in [0.2, 0.25) is 0 Å². The standard InChI is InChI=1S/C21H29N3O2/c1-21(22,7-6-16-5-4-9-23-13-16)8-10-24-14-17-11-19(25-2)20(26-3)12-18(17)15-24/h4-5,9,11-13H,6-8,10,14-15,22H2,1-3H3. The highest BCUT2D eigenvalue weighted by atomic mass is 16.5. The molecule has 26 heavy (non-hydrogen) atoms. The van der Waals surface area contributed by atoms with Crippen molar-refractivity contribution in [3.05, 3.63) is 53.3 Å². The molecule has 0 spiro atoms. The van der Waals surface area contributed by atoms with E-state index in [2.05, 4.69) is 35.0 Å². The Morgan fingerprint density at radius 2 is 1.77 bits per heavy atom. The van der Waals surface area contributed by atoms with Crippen LogP contribution in [0.4, 0.5) is 0 Å². The quantitative estimate of drug-likeness (QED) is 0.788. The Kier molecular flexibility index (Phi) is 5.79. The van der Waals surface area contributed by atoms with Gasteiger partial charge in [-0.05, 0) is 61.1 Å². The fourth-order valence-electron chi connectivity index (χ4n) is 3.47. The summed E-state index contributed by atoms with van der Waals surface area (Å²) in [6.07, 6.45) is 6.63. The first kappa shape index (κ1) is 18.7. The molecule has 0 saturated heterocycles. The summed E-state index contributed by atoms with van der Waals surface area (Å²) >= 11 is 0. The number of nitrogens with zero attached hydrogens (tertiary/aromatic N) is 2. The van der Waals surface area contributed by atoms with Crippen molar-refractivity contribution in [3.8, 4) is 11.5 Å². The topological polar surface area (TPSA) is 60.6 Å². The van der Waals surface area contributed by atoms with Crippen LogP contribution in [0.5, 0.6) is 11.5 Å². The summed E-state index contributed by atoms with van der Waals surface area (Å²) in [7, 11) is 3.36. The Balaban J connectivity index is 1.53. The minimum atomic E-state index is -0.181. The highest BCUT2D eigenvalue weighted by molar-refractivity contribution is 5.48. The average molecular weight is 355 g/mol. The summed E-state index contributed by atoms with van der Waals surface area (Å²) in [5, 5.41) is 0. The summed E-state index contributed by atoms with van der Waals surface area (Å²) in [4.78, 5) is 6.62. The highest BCUT2D eigenvalue weighted by Crippen LogP contribution is 2.35. The number of aryl methyl sites for hydroxylation is 1. The van der Waals surface area contributed by atoms with Crippen LogP contribution in [0.3, 0.4) is 0 Å². The van der Waals surface area contributed by atoms with E-state index in [1.54, 1.807) is 20.4 Å². The van der Waals surface area contributed by atoms with Crippen molar-refractivity contribution in [2.75, 3.05) is 20.8 Å². The maximum absolute atomic E-state index is 6.55. The first-order chi connectivity index (χ1) is 12.5. The predicted octanol–water partition coefficient (Wildman–Crippen LogP) is 3.15. The molecule has 0 aliphatic carbocycles. The van der Waals surface area contributed by atoms with E-state index in [9.17, 15) is 0 Å². The van der Waals surface area contributed by atoms with Crippen molar-refractivity contribution in [2.24, 2.45) is 5.73 Å². The molecule has 1 aromatic heterocycles. The number of fused-ring (bicyclic) bond motifs is 1. The van der Waals surface area contributed by atoms with Gasteiger partial charge in [-0.15, -0.1) is 0 Å². The fourth-order valence-corrected chi connectivity index (χ4v) is 3.47. The fraction of sp³-hybridized carbons (Fsp3) is 0.476. The minimum Gasteiger partial charge on any atom is -0.493 e. The molecule has 0 radical (unpaired) electrons. The van der Waals surface area contributed by atoms with Crippen LogP contribution in [0.15, 0.2) is 36.7 Å². The molecule has 5 nitrogen and oxygen atoms in total. The molecule has 1 atom stereocenters. The Hall–Kier alpha value is -2.11. The number of rotatable bonds is 8. The van der Waals surface area contributed by atoms with Gasteiger partial charge in [-0.2, -0.15) is 0 Å². The molecule has 140 valence electrons. The van der Waals surface area contributed by atoms with Crippen LogP contribution in [0.25, 0.3) is 0 Å². The SMILES string of the molecule is COc1cc2c(cc1OC)CN(CCC(C)(N)CCc1cccnc1)C2. The van der Waals surface area contributed by atoms with Gasteiger partial charge >= 0.3 is 0 Å². The van der Waals surface area contributed by atoms with Crippen LogP contribution in [-0.2, 0) is 19.5 Å². The Morgan fingerprint density at radius 1 is 1.12 bits per heavy atom. The van der Waals surface area contributed by atoms with Gasteiger partial charge in [0.15, 0.2) is 11.5 Å². The molecular formula is C21H29N3O2. The predicted molar refractivity (Wildman–Crippen MR) is 103 cm³/mol. The van der Waals surface area contributed by atoms with E-state index in [1.165, 1.54) is 16.7 Å². The molecule has 2 aromatic rings. The first-order valence-corrected chi connectivity index (χ1v) is 9.14. The molecule has 2 N–H and O–H groups in total. The van der Waals surface area contributed by atoms with Crippen molar-refractivity contribution in [1.82, 2.24) is 9.88 Å². The summed E-state index contributed by atoms with van der Waals surface area (Å²) in [6, 6.07) is 8.28. The van der Waals surface area contributed by atoms with Gasteiger partial charge in [0.2, 0.25) is 0 Å². The van der Waals surface area contributed by atoms with Gasteiger partial charge in [-0.25, -0.2) is 0 Å². The van der Waals surface area contributed by atoms with Crippen LogP contribution in [0, 0.1) is 0 Å². The molecular weight excluding hydrogens is 326 g/mol. The molecule has 2 heterocycles. The van der Waals surface area contributed by atoms with Gasteiger partial charge in [0.05, 0.1) is 14.2 Å². The molecule has 3 rings (SSSR count). The zero-order valence-corrected chi connectivity index (χ0v) is 16.0. The van der Waals surface area contributed by atoms with Gasteiger partial charge in [-0.3, -0.25) is 9.88 Å². The number of methoxy groups -OCH3 is 2. The molecule has 1 aliphatic rings. The van der Waals surface area contributed by atoms with Gasteiger partial charge < -0.3 is 15.2 Å². The second-order valence-electron chi connectivity index (χ2n) is 7.45. The highest BCUT2D eigenvalue weighted by Gasteiger charge is 2.25.